The Labute approximate surface area is 117 Å². The van der Waals surface area contributed by atoms with E-state index in [0.29, 0.717) is 18.1 Å². The van der Waals surface area contributed by atoms with Crippen LogP contribution in [0.2, 0.25) is 0 Å². The molecule has 1 unspecified atom stereocenters. The Balaban J connectivity index is 1.75. The van der Waals surface area contributed by atoms with Crippen molar-refractivity contribution >= 4 is 23.2 Å². The molecule has 0 bridgehead atoms. The first-order valence-corrected chi connectivity index (χ1v) is 7.53. The van der Waals surface area contributed by atoms with Gasteiger partial charge in [-0.25, -0.2) is 0 Å². The number of benzene rings is 1. The van der Waals surface area contributed by atoms with Gasteiger partial charge in [0.1, 0.15) is 0 Å². The number of hydrogen-bond donors (Lipinski definition) is 0. The summed E-state index contributed by atoms with van der Waals surface area (Å²) in [6.07, 6.45) is 4.70. The third-order valence-electron chi connectivity index (χ3n) is 3.64. The molecule has 1 fully saturated rings. The molecule has 1 aromatic carbocycles. The second kappa shape index (κ2) is 5.54. The normalized spacial score (nSPS) is 21.8. The van der Waals surface area contributed by atoms with E-state index in [0.717, 1.165) is 24.0 Å². The lowest BCUT2D eigenvalue weighted by Crippen LogP contribution is -2.15. The predicted molar refractivity (Wildman–Crippen MR) is 80.3 cm³/mol. The Hall–Kier alpha value is -1.67. The van der Waals surface area contributed by atoms with Gasteiger partial charge in [-0.3, -0.25) is 4.79 Å². The van der Waals surface area contributed by atoms with Crippen LogP contribution in [0.15, 0.2) is 53.4 Å². The fraction of sp³-hybridized carbons (Fsp3) is 0.235. The molecule has 3 rings (SSSR count). The summed E-state index contributed by atoms with van der Waals surface area (Å²) in [5.74, 6) is 0.744. The Bertz CT molecular complexity index is 581. The van der Waals surface area contributed by atoms with Gasteiger partial charge in [0, 0.05) is 17.2 Å². The summed E-state index contributed by atoms with van der Waals surface area (Å²) >= 11 is 1.77. The lowest BCUT2D eigenvalue weighted by molar-refractivity contribution is -0.116. The van der Waals surface area contributed by atoms with Gasteiger partial charge < -0.3 is 0 Å². The van der Waals surface area contributed by atoms with Crippen LogP contribution in [0.5, 0.6) is 0 Å². The molecule has 2 aromatic rings. The summed E-state index contributed by atoms with van der Waals surface area (Å²) in [6, 6.07) is 14.3. The van der Waals surface area contributed by atoms with E-state index in [4.69, 9.17) is 0 Å². The van der Waals surface area contributed by atoms with Crippen molar-refractivity contribution < 1.29 is 4.79 Å². The molecule has 0 amide bonds. The summed E-state index contributed by atoms with van der Waals surface area (Å²) in [5.41, 5.74) is 2.11. The van der Waals surface area contributed by atoms with E-state index in [1.165, 1.54) is 4.88 Å². The lowest BCUT2D eigenvalue weighted by Gasteiger charge is -2.22. The van der Waals surface area contributed by atoms with Crippen LogP contribution in [0, 0.1) is 0 Å². The smallest absolute Gasteiger partial charge is 0.159 e. The predicted octanol–water partition coefficient (Wildman–Crippen LogP) is 4.67. The SMILES string of the molecule is O=C1CC(c2cccs2)CCC1=Cc1ccccc1. The third kappa shape index (κ3) is 2.85. The molecule has 1 aromatic heterocycles. The number of carbonyl (C=O) groups excluding carboxylic acids is 1. The summed E-state index contributed by atoms with van der Waals surface area (Å²) in [4.78, 5) is 13.6. The van der Waals surface area contributed by atoms with Crippen molar-refractivity contribution in [3.05, 3.63) is 63.9 Å². The highest BCUT2D eigenvalue weighted by Crippen LogP contribution is 2.36. The van der Waals surface area contributed by atoms with Gasteiger partial charge in [-0.1, -0.05) is 36.4 Å². The van der Waals surface area contributed by atoms with Crippen molar-refractivity contribution in [3.8, 4) is 0 Å². The fourth-order valence-electron chi connectivity index (χ4n) is 2.60. The molecule has 1 atom stereocenters. The average molecular weight is 268 g/mol. The largest absolute Gasteiger partial charge is 0.295 e. The second-order valence-corrected chi connectivity index (χ2v) is 5.94. The molecule has 0 aliphatic heterocycles. The van der Waals surface area contributed by atoms with Gasteiger partial charge in [0.05, 0.1) is 0 Å². The minimum absolute atomic E-state index is 0.313. The Morgan fingerprint density at radius 2 is 1.95 bits per heavy atom. The van der Waals surface area contributed by atoms with Crippen LogP contribution < -0.4 is 0 Å². The highest BCUT2D eigenvalue weighted by Gasteiger charge is 2.25. The number of rotatable bonds is 2. The number of ketones is 1. The van der Waals surface area contributed by atoms with Crippen molar-refractivity contribution in [1.29, 1.82) is 0 Å². The summed E-state index contributed by atoms with van der Waals surface area (Å²) in [5, 5.41) is 2.09. The maximum absolute atomic E-state index is 12.2. The minimum Gasteiger partial charge on any atom is -0.295 e. The molecule has 1 aliphatic carbocycles. The van der Waals surface area contributed by atoms with E-state index in [2.05, 4.69) is 17.5 Å². The van der Waals surface area contributed by atoms with Gasteiger partial charge in [0.15, 0.2) is 5.78 Å². The van der Waals surface area contributed by atoms with E-state index in [9.17, 15) is 4.79 Å². The maximum atomic E-state index is 12.2. The van der Waals surface area contributed by atoms with Crippen LogP contribution in [0.3, 0.4) is 0 Å². The van der Waals surface area contributed by atoms with Gasteiger partial charge in [-0.15, -0.1) is 11.3 Å². The summed E-state index contributed by atoms with van der Waals surface area (Å²) in [7, 11) is 0. The molecule has 1 heterocycles. The van der Waals surface area contributed by atoms with Gasteiger partial charge in [-0.2, -0.15) is 0 Å². The standard InChI is InChI=1S/C17H16OS/c18-16-12-15(17-7-4-10-19-17)9-8-14(16)11-13-5-2-1-3-6-13/h1-7,10-11,15H,8-9,12H2. The van der Waals surface area contributed by atoms with Gasteiger partial charge in [0.25, 0.3) is 0 Å². The molecular formula is C17H16OS. The second-order valence-electron chi connectivity index (χ2n) is 4.96. The maximum Gasteiger partial charge on any atom is 0.159 e. The molecule has 0 spiro atoms. The first-order chi connectivity index (χ1) is 9.33. The van der Waals surface area contributed by atoms with Crippen molar-refractivity contribution in [1.82, 2.24) is 0 Å². The van der Waals surface area contributed by atoms with Gasteiger partial charge in [0.2, 0.25) is 0 Å². The van der Waals surface area contributed by atoms with Crippen molar-refractivity contribution in [3.63, 3.8) is 0 Å². The van der Waals surface area contributed by atoms with Crippen molar-refractivity contribution in [2.45, 2.75) is 25.2 Å². The van der Waals surface area contributed by atoms with Gasteiger partial charge in [-0.05, 0) is 41.5 Å². The van der Waals surface area contributed by atoms with Crippen molar-refractivity contribution in [2.24, 2.45) is 0 Å². The van der Waals surface area contributed by atoms with Crippen molar-refractivity contribution in [2.75, 3.05) is 0 Å². The molecule has 1 aliphatic rings. The van der Waals surface area contributed by atoms with Crippen LogP contribution in [0.1, 0.15) is 35.6 Å². The lowest BCUT2D eigenvalue weighted by atomic mass is 9.83. The number of hydrogen-bond acceptors (Lipinski definition) is 2. The topological polar surface area (TPSA) is 17.1 Å². The van der Waals surface area contributed by atoms with E-state index in [-0.39, 0.29) is 0 Å². The summed E-state index contributed by atoms with van der Waals surface area (Å²) in [6.45, 7) is 0. The van der Waals surface area contributed by atoms with E-state index in [1.54, 1.807) is 11.3 Å². The zero-order valence-corrected chi connectivity index (χ0v) is 11.5. The Morgan fingerprint density at radius 1 is 1.11 bits per heavy atom. The van der Waals surface area contributed by atoms with Crippen LogP contribution in [0.4, 0.5) is 0 Å². The van der Waals surface area contributed by atoms with E-state index in [1.807, 2.05) is 36.4 Å². The number of thiophene rings is 1. The van der Waals surface area contributed by atoms with Crippen LogP contribution in [-0.4, -0.2) is 5.78 Å². The minimum atomic E-state index is 0.313. The van der Waals surface area contributed by atoms with E-state index >= 15 is 0 Å². The molecule has 0 N–H and O–H groups in total. The quantitative estimate of drug-likeness (QED) is 0.723. The summed E-state index contributed by atoms with van der Waals surface area (Å²) < 4.78 is 0. The Kier molecular flexibility index (Phi) is 3.60. The molecular weight excluding hydrogens is 252 g/mol. The zero-order valence-electron chi connectivity index (χ0n) is 10.7. The zero-order chi connectivity index (χ0) is 13.1. The number of allylic oxidation sites excluding steroid dienone is 1. The molecule has 1 nitrogen and oxygen atoms in total. The molecule has 0 saturated heterocycles. The Morgan fingerprint density at radius 3 is 2.63 bits per heavy atom. The molecule has 0 radical (unpaired) electrons. The molecule has 1 saturated carbocycles. The first-order valence-electron chi connectivity index (χ1n) is 6.65. The first kappa shape index (κ1) is 12.4. The molecule has 19 heavy (non-hydrogen) atoms. The monoisotopic (exact) mass is 268 g/mol. The third-order valence-corrected chi connectivity index (χ3v) is 4.67. The molecule has 2 heteroatoms. The number of Topliss-reactive ketones (excluding diaryl/α,β-unsaturated/α-hetero) is 1. The van der Waals surface area contributed by atoms with Crippen LogP contribution in [0.25, 0.3) is 6.08 Å². The number of carbonyl (C=O) groups is 1. The highest BCUT2D eigenvalue weighted by atomic mass is 32.1. The average Bonchev–Trinajstić information content (AvgIpc) is 2.96. The fourth-order valence-corrected chi connectivity index (χ4v) is 3.46. The molecule has 96 valence electrons. The van der Waals surface area contributed by atoms with Gasteiger partial charge >= 0.3 is 0 Å². The van der Waals surface area contributed by atoms with Crippen LogP contribution in [-0.2, 0) is 4.79 Å². The van der Waals surface area contributed by atoms with E-state index < -0.39 is 0 Å². The highest BCUT2D eigenvalue weighted by molar-refractivity contribution is 7.10. The van der Waals surface area contributed by atoms with Crippen LogP contribution >= 0.6 is 11.3 Å².